The summed E-state index contributed by atoms with van der Waals surface area (Å²) in [6.07, 6.45) is -1.27. The van der Waals surface area contributed by atoms with E-state index >= 15 is 0 Å². The molecular formula is C16H10N4O4. The Morgan fingerprint density at radius 1 is 1.00 bits per heavy atom. The smallest absolute Gasteiger partial charge is 0.417 e. The fraction of sp³-hybridized carbons (Fsp3) is 0. The number of carboxylic acids is 1. The van der Waals surface area contributed by atoms with Gasteiger partial charge in [0.25, 0.3) is 0 Å². The monoisotopic (exact) mass is 322 g/mol. The van der Waals surface area contributed by atoms with Gasteiger partial charge in [0.1, 0.15) is 5.52 Å². The summed E-state index contributed by atoms with van der Waals surface area (Å²) < 4.78 is 0.930. The van der Waals surface area contributed by atoms with E-state index < -0.39 is 12.1 Å². The van der Waals surface area contributed by atoms with E-state index in [1.54, 1.807) is 6.07 Å². The number of aromatic amines is 1. The second kappa shape index (κ2) is 4.92. The topological polar surface area (TPSA) is 121 Å². The van der Waals surface area contributed by atoms with Gasteiger partial charge in [0.2, 0.25) is 0 Å². The normalized spacial score (nSPS) is 11.2. The van der Waals surface area contributed by atoms with Crippen LogP contribution in [-0.4, -0.2) is 41.8 Å². The number of hydrogen-bond donors (Lipinski definition) is 3. The Morgan fingerprint density at radius 2 is 1.79 bits per heavy atom. The molecule has 0 aliphatic heterocycles. The van der Waals surface area contributed by atoms with Crippen LogP contribution in [0.4, 0.5) is 4.79 Å². The number of H-pyrrole nitrogens is 1. The molecule has 0 aliphatic carbocycles. The molecule has 118 valence electrons. The highest BCUT2D eigenvalue weighted by molar-refractivity contribution is 6.04. The predicted molar refractivity (Wildman–Crippen MR) is 85.2 cm³/mol. The fourth-order valence-electron chi connectivity index (χ4n) is 2.68. The number of para-hydroxylation sites is 3. The van der Waals surface area contributed by atoms with E-state index in [1.165, 1.54) is 18.2 Å². The molecule has 0 saturated carbocycles. The van der Waals surface area contributed by atoms with Gasteiger partial charge in [-0.1, -0.05) is 18.2 Å². The third-order valence-corrected chi connectivity index (χ3v) is 3.71. The maximum absolute atomic E-state index is 11.7. The molecule has 0 saturated heterocycles. The van der Waals surface area contributed by atoms with Crippen molar-refractivity contribution in [2.45, 2.75) is 0 Å². The third-order valence-electron chi connectivity index (χ3n) is 3.71. The van der Waals surface area contributed by atoms with Crippen LogP contribution in [0.25, 0.3) is 33.7 Å². The molecule has 2 heterocycles. The van der Waals surface area contributed by atoms with Crippen molar-refractivity contribution in [3.05, 3.63) is 48.0 Å². The first-order valence-corrected chi connectivity index (χ1v) is 6.99. The molecule has 0 spiro atoms. The van der Waals surface area contributed by atoms with Crippen molar-refractivity contribution in [2.24, 2.45) is 0 Å². The lowest BCUT2D eigenvalue weighted by Crippen LogP contribution is -2.10. The Hall–Kier alpha value is -3.68. The average molecular weight is 322 g/mol. The van der Waals surface area contributed by atoms with Gasteiger partial charge in [0.05, 0.1) is 22.1 Å². The van der Waals surface area contributed by atoms with Gasteiger partial charge in [-0.3, -0.25) is 0 Å². The third kappa shape index (κ3) is 1.93. The van der Waals surface area contributed by atoms with E-state index in [9.17, 15) is 19.8 Å². The second-order valence-electron chi connectivity index (χ2n) is 5.13. The summed E-state index contributed by atoms with van der Waals surface area (Å²) >= 11 is 0. The molecule has 3 N–H and O–H groups in total. The van der Waals surface area contributed by atoms with Gasteiger partial charge in [-0.05, 0) is 24.3 Å². The number of fused-ring (bicyclic) bond motifs is 2. The molecule has 0 radical (unpaired) electrons. The lowest BCUT2D eigenvalue weighted by molar-refractivity contribution is 0.0698. The Kier molecular flexibility index (Phi) is 2.86. The van der Waals surface area contributed by atoms with Crippen LogP contribution in [0.15, 0.2) is 42.5 Å². The Labute approximate surface area is 134 Å². The van der Waals surface area contributed by atoms with Crippen molar-refractivity contribution < 1.29 is 19.8 Å². The maximum Gasteiger partial charge on any atom is 0.417 e. The van der Waals surface area contributed by atoms with Gasteiger partial charge in [-0.15, -0.1) is 0 Å². The van der Waals surface area contributed by atoms with Crippen LogP contribution in [-0.2, 0) is 0 Å². The van der Waals surface area contributed by atoms with Gasteiger partial charge in [0.15, 0.2) is 11.6 Å². The van der Waals surface area contributed by atoms with Gasteiger partial charge in [0, 0.05) is 0 Å². The van der Waals surface area contributed by atoms with E-state index in [0.29, 0.717) is 5.52 Å². The largest absolute Gasteiger partial charge is 0.478 e. The highest BCUT2D eigenvalue weighted by atomic mass is 16.4. The molecule has 4 rings (SSSR count). The first-order valence-electron chi connectivity index (χ1n) is 6.99. The number of aromatic carboxylic acids is 1. The Morgan fingerprint density at radius 3 is 2.50 bits per heavy atom. The van der Waals surface area contributed by atoms with Crippen molar-refractivity contribution in [3.8, 4) is 11.6 Å². The maximum atomic E-state index is 11.7. The van der Waals surface area contributed by atoms with Crippen molar-refractivity contribution >= 4 is 34.1 Å². The lowest BCUT2D eigenvalue weighted by atomic mass is 10.2. The number of carboxylic acid groups (broad SMARTS) is 2. The summed E-state index contributed by atoms with van der Waals surface area (Å²) in [6, 6.07) is 11.6. The number of nitrogens with one attached hydrogen (secondary N) is 1. The van der Waals surface area contributed by atoms with Crippen LogP contribution in [0.2, 0.25) is 0 Å². The Balaban J connectivity index is 2.07. The van der Waals surface area contributed by atoms with Crippen LogP contribution >= 0.6 is 0 Å². The summed E-state index contributed by atoms with van der Waals surface area (Å²) in [5.74, 6) is -0.875. The van der Waals surface area contributed by atoms with E-state index in [0.717, 1.165) is 10.1 Å². The van der Waals surface area contributed by atoms with Crippen molar-refractivity contribution in [3.63, 3.8) is 0 Å². The summed E-state index contributed by atoms with van der Waals surface area (Å²) in [7, 11) is 0. The predicted octanol–water partition coefficient (Wildman–Crippen LogP) is 2.80. The number of nitrogens with zero attached hydrogens (tertiary/aromatic N) is 3. The zero-order valence-electron chi connectivity index (χ0n) is 12.1. The zero-order valence-corrected chi connectivity index (χ0v) is 12.1. The molecule has 4 aromatic rings. The number of aromatic nitrogens is 4. The minimum absolute atomic E-state index is 0.0439. The van der Waals surface area contributed by atoms with E-state index in [-0.39, 0.29) is 28.2 Å². The van der Waals surface area contributed by atoms with Crippen molar-refractivity contribution in [1.82, 2.24) is 19.5 Å². The molecule has 2 aromatic heterocycles. The van der Waals surface area contributed by atoms with Crippen LogP contribution in [0, 0.1) is 0 Å². The number of hydrogen-bond acceptors (Lipinski definition) is 4. The number of carbonyl (C=O) groups is 2. The molecule has 0 unspecified atom stereocenters. The van der Waals surface area contributed by atoms with E-state index in [1.807, 2.05) is 18.2 Å². The lowest BCUT2D eigenvalue weighted by Gasteiger charge is -2.00. The van der Waals surface area contributed by atoms with Gasteiger partial charge >= 0.3 is 12.1 Å². The Bertz CT molecular complexity index is 1090. The highest BCUT2D eigenvalue weighted by Gasteiger charge is 2.23. The van der Waals surface area contributed by atoms with Gasteiger partial charge in [-0.2, -0.15) is 0 Å². The second-order valence-corrected chi connectivity index (χ2v) is 5.13. The molecular weight excluding hydrogens is 312 g/mol. The van der Waals surface area contributed by atoms with Crippen molar-refractivity contribution in [2.75, 3.05) is 0 Å². The summed E-state index contributed by atoms with van der Waals surface area (Å²) in [5.41, 5.74) is 1.62. The quantitative estimate of drug-likeness (QED) is 0.522. The van der Waals surface area contributed by atoms with Gasteiger partial charge in [-0.25, -0.2) is 24.1 Å². The minimum Gasteiger partial charge on any atom is -0.478 e. The zero-order chi connectivity index (χ0) is 16.8. The number of benzene rings is 2. The molecule has 8 heteroatoms. The number of imidazole rings is 2. The molecule has 0 bridgehead atoms. The van der Waals surface area contributed by atoms with E-state index in [4.69, 9.17) is 0 Å². The molecule has 0 amide bonds. The fourth-order valence-corrected chi connectivity index (χ4v) is 2.68. The summed E-state index contributed by atoms with van der Waals surface area (Å²) in [6.45, 7) is 0. The van der Waals surface area contributed by atoms with Crippen LogP contribution in [0.3, 0.4) is 0 Å². The molecule has 0 fully saturated rings. The van der Waals surface area contributed by atoms with Crippen LogP contribution in [0.1, 0.15) is 10.4 Å². The van der Waals surface area contributed by atoms with Crippen LogP contribution in [0.5, 0.6) is 0 Å². The molecule has 24 heavy (non-hydrogen) atoms. The SMILES string of the molecule is O=C(O)c1cccc2c1nc(-c1nc3ccccc3[nH]1)n2C(=O)O. The first kappa shape index (κ1) is 13.9. The van der Waals surface area contributed by atoms with Gasteiger partial charge < -0.3 is 15.2 Å². The van der Waals surface area contributed by atoms with Crippen molar-refractivity contribution in [1.29, 1.82) is 0 Å². The first-order chi connectivity index (χ1) is 11.6. The van der Waals surface area contributed by atoms with E-state index in [2.05, 4.69) is 15.0 Å². The summed E-state index contributed by atoms with van der Waals surface area (Å²) in [5, 5.41) is 18.8. The summed E-state index contributed by atoms with van der Waals surface area (Å²) in [4.78, 5) is 34.6. The molecule has 2 aromatic carbocycles. The highest BCUT2D eigenvalue weighted by Crippen LogP contribution is 2.26. The average Bonchev–Trinajstić information content (AvgIpc) is 3.15. The molecule has 0 atom stereocenters. The van der Waals surface area contributed by atoms with Crippen LogP contribution < -0.4 is 0 Å². The minimum atomic E-state index is -1.27. The molecule has 0 aliphatic rings. The number of rotatable bonds is 2. The standard InChI is InChI=1S/C16H10N4O4/c21-15(22)8-4-3-7-11-12(8)19-14(20(11)16(23)24)13-17-9-5-1-2-6-10(9)18-13/h1-7H,(H,17,18)(H,21,22)(H,23,24). The molecule has 8 nitrogen and oxygen atoms in total.